The zero-order valence-corrected chi connectivity index (χ0v) is 17.9. The largest absolute Gasteiger partial charge is 0.507 e. The van der Waals surface area contributed by atoms with Crippen molar-refractivity contribution in [3.63, 3.8) is 0 Å². The van der Waals surface area contributed by atoms with Crippen LogP contribution in [0, 0.1) is 0 Å². The monoisotopic (exact) mass is 433 g/mol. The van der Waals surface area contributed by atoms with Crippen molar-refractivity contribution >= 4 is 16.0 Å². The lowest BCUT2D eigenvalue weighted by atomic mass is 9.68. The lowest BCUT2D eigenvalue weighted by Crippen LogP contribution is -2.44. The highest BCUT2D eigenvalue weighted by Crippen LogP contribution is 2.40. The third-order valence-electron chi connectivity index (χ3n) is 5.63. The highest BCUT2D eigenvalue weighted by molar-refractivity contribution is 7.86. The predicted molar refractivity (Wildman–Crippen MR) is 113 cm³/mol. The lowest BCUT2D eigenvalue weighted by molar-refractivity contribution is 0.0905. The maximum Gasteiger partial charge on any atom is 0.264 e. The Morgan fingerprint density at radius 1 is 1.13 bits per heavy atom. The molecule has 2 aromatic carbocycles. The summed E-state index contributed by atoms with van der Waals surface area (Å²) in [7, 11) is -2.07. The molecule has 1 saturated carbocycles. The van der Waals surface area contributed by atoms with Crippen LogP contribution in [-0.4, -0.2) is 45.4 Å². The minimum atomic E-state index is -3.51. The molecule has 0 unspecified atom stereocenters. The number of benzene rings is 2. The van der Waals surface area contributed by atoms with Crippen molar-refractivity contribution < 1.29 is 27.2 Å². The first kappa shape index (κ1) is 22.1. The molecule has 1 aliphatic rings. The molecular weight excluding hydrogens is 406 g/mol. The normalized spacial score (nSPS) is 21.7. The molecule has 1 amide bonds. The maximum atomic E-state index is 12.9. The molecule has 2 aromatic rings. The average Bonchev–Trinajstić information content (AvgIpc) is 2.72. The van der Waals surface area contributed by atoms with E-state index in [0.29, 0.717) is 38.0 Å². The molecule has 0 saturated heterocycles. The third kappa shape index (κ3) is 5.12. The van der Waals surface area contributed by atoms with Crippen molar-refractivity contribution in [2.75, 3.05) is 19.9 Å². The average molecular weight is 434 g/mol. The predicted octanol–water partition coefficient (Wildman–Crippen LogP) is 2.99. The molecule has 8 heteroatoms. The zero-order chi connectivity index (χ0) is 21.8. The molecule has 1 fully saturated rings. The van der Waals surface area contributed by atoms with Gasteiger partial charge in [0.15, 0.2) is 0 Å². The van der Waals surface area contributed by atoms with Gasteiger partial charge in [0.25, 0.3) is 16.0 Å². The molecule has 0 spiro atoms. The summed E-state index contributed by atoms with van der Waals surface area (Å²) in [6.07, 6.45) is 3.16. The van der Waals surface area contributed by atoms with Gasteiger partial charge in [0.2, 0.25) is 0 Å². The summed E-state index contributed by atoms with van der Waals surface area (Å²) in [4.78, 5) is 12.9. The van der Waals surface area contributed by atoms with Crippen LogP contribution in [0.5, 0.6) is 11.5 Å². The minimum Gasteiger partial charge on any atom is -0.507 e. The number of phenols is 1. The fourth-order valence-electron chi connectivity index (χ4n) is 4.10. The van der Waals surface area contributed by atoms with Gasteiger partial charge in [-0.15, -0.1) is 0 Å². The van der Waals surface area contributed by atoms with Gasteiger partial charge in [0.05, 0.1) is 19.5 Å². The van der Waals surface area contributed by atoms with Gasteiger partial charge in [-0.2, -0.15) is 8.42 Å². The molecule has 0 atom stereocenters. The van der Waals surface area contributed by atoms with Crippen molar-refractivity contribution in [3.8, 4) is 11.5 Å². The Morgan fingerprint density at radius 2 is 1.80 bits per heavy atom. The number of phenolic OH excluding ortho intramolecular Hbond substituents is 1. The second-order valence-corrected chi connectivity index (χ2v) is 9.28. The Balaban J connectivity index is 1.80. The standard InChI is InChI=1S/C22H27NO6S/c1-28-19-10-6-9-18(24)20(19)21(25)23-15-22(16-7-4-3-5-8-16)13-11-17(12-14-22)29-30(2,26)27/h3-10,17,24H,11-15H2,1-2H3,(H,23,25). The molecule has 3 rings (SSSR count). The zero-order valence-electron chi connectivity index (χ0n) is 17.1. The molecule has 0 radical (unpaired) electrons. The number of rotatable bonds is 7. The molecular formula is C22H27NO6S. The van der Waals surface area contributed by atoms with Crippen LogP contribution < -0.4 is 10.1 Å². The van der Waals surface area contributed by atoms with Crippen LogP contribution in [0.2, 0.25) is 0 Å². The molecule has 0 heterocycles. The first-order valence-electron chi connectivity index (χ1n) is 9.82. The fraction of sp³-hybridized carbons (Fsp3) is 0.409. The number of carbonyl (C=O) groups is 1. The molecule has 30 heavy (non-hydrogen) atoms. The van der Waals surface area contributed by atoms with Crippen LogP contribution in [0.1, 0.15) is 41.6 Å². The second kappa shape index (κ2) is 9.06. The molecule has 7 nitrogen and oxygen atoms in total. The van der Waals surface area contributed by atoms with Crippen LogP contribution in [0.15, 0.2) is 48.5 Å². The Labute approximate surface area is 177 Å². The highest BCUT2D eigenvalue weighted by atomic mass is 32.2. The lowest BCUT2D eigenvalue weighted by Gasteiger charge is -2.40. The van der Waals surface area contributed by atoms with Crippen molar-refractivity contribution in [1.29, 1.82) is 0 Å². The summed E-state index contributed by atoms with van der Waals surface area (Å²) in [6, 6.07) is 14.5. The number of aromatic hydroxyl groups is 1. The number of carbonyl (C=O) groups excluding carboxylic acids is 1. The van der Waals surface area contributed by atoms with E-state index in [0.717, 1.165) is 11.8 Å². The SMILES string of the molecule is COc1cccc(O)c1C(=O)NCC1(c2ccccc2)CCC(OS(C)(=O)=O)CC1. The molecule has 1 aliphatic carbocycles. The molecule has 2 N–H and O–H groups in total. The van der Waals surface area contributed by atoms with Crippen LogP contribution in [0.4, 0.5) is 0 Å². The number of hydrogen-bond acceptors (Lipinski definition) is 6. The summed E-state index contributed by atoms with van der Waals surface area (Å²) in [5, 5.41) is 13.1. The quantitative estimate of drug-likeness (QED) is 0.651. The summed E-state index contributed by atoms with van der Waals surface area (Å²) in [6.45, 7) is 0.346. The van der Waals surface area contributed by atoms with Crippen LogP contribution >= 0.6 is 0 Å². The van der Waals surface area contributed by atoms with E-state index >= 15 is 0 Å². The van der Waals surface area contributed by atoms with Crippen molar-refractivity contribution in [2.24, 2.45) is 0 Å². The fourth-order valence-corrected chi connectivity index (χ4v) is 4.79. The molecule has 0 aromatic heterocycles. The highest BCUT2D eigenvalue weighted by Gasteiger charge is 2.38. The Hall–Kier alpha value is -2.58. The topological polar surface area (TPSA) is 102 Å². The smallest absolute Gasteiger partial charge is 0.264 e. The number of hydrogen-bond donors (Lipinski definition) is 2. The van der Waals surface area contributed by atoms with Crippen molar-refractivity contribution in [1.82, 2.24) is 5.32 Å². The number of methoxy groups -OCH3 is 1. The second-order valence-electron chi connectivity index (χ2n) is 7.68. The Bertz CT molecular complexity index is 982. The summed E-state index contributed by atoms with van der Waals surface area (Å²) in [5.41, 5.74) is 0.816. The molecule has 0 bridgehead atoms. The van der Waals surface area contributed by atoms with E-state index in [2.05, 4.69) is 5.32 Å². The number of nitrogens with one attached hydrogen (secondary N) is 1. The van der Waals surface area contributed by atoms with E-state index in [1.165, 1.54) is 13.2 Å². The van der Waals surface area contributed by atoms with E-state index in [9.17, 15) is 18.3 Å². The summed E-state index contributed by atoms with van der Waals surface area (Å²) >= 11 is 0. The first-order valence-corrected chi connectivity index (χ1v) is 11.6. The summed E-state index contributed by atoms with van der Waals surface area (Å²) in [5.74, 6) is -0.271. The Kier molecular flexibility index (Phi) is 6.67. The van der Waals surface area contributed by atoms with Crippen LogP contribution in [-0.2, 0) is 19.7 Å². The van der Waals surface area contributed by atoms with E-state index in [1.54, 1.807) is 12.1 Å². The van der Waals surface area contributed by atoms with Gasteiger partial charge in [-0.1, -0.05) is 36.4 Å². The summed E-state index contributed by atoms with van der Waals surface area (Å²) < 4.78 is 33.4. The first-order chi connectivity index (χ1) is 14.2. The van der Waals surface area contributed by atoms with Crippen LogP contribution in [0.3, 0.4) is 0 Å². The maximum absolute atomic E-state index is 12.9. The third-order valence-corrected chi connectivity index (χ3v) is 6.25. The Morgan fingerprint density at radius 3 is 2.40 bits per heavy atom. The van der Waals surface area contributed by atoms with Gasteiger partial charge < -0.3 is 15.2 Å². The van der Waals surface area contributed by atoms with Gasteiger partial charge in [-0.25, -0.2) is 0 Å². The van der Waals surface area contributed by atoms with Crippen molar-refractivity contribution in [2.45, 2.75) is 37.2 Å². The minimum absolute atomic E-state index is 0.0947. The van der Waals surface area contributed by atoms with Gasteiger partial charge in [-0.3, -0.25) is 8.98 Å². The number of amides is 1. The van der Waals surface area contributed by atoms with E-state index in [1.807, 2.05) is 30.3 Å². The molecule has 0 aliphatic heterocycles. The van der Waals surface area contributed by atoms with Crippen LogP contribution in [0.25, 0.3) is 0 Å². The van der Waals surface area contributed by atoms with Crippen molar-refractivity contribution in [3.05, 3.63) is 59.7 Å². The van der Waals surface area contributed by atoms with Gasteiger partial charge >= 0.3 is 0 Å². The molecule has 162 valence electrons. The number of ether oxygens (including phenoxy) is 1. The van der Waals surface area contributed by atoms with E-state index < -0.39 is 16.0 Å². The van der Waals surface area contributed by atoms with E-state index in [-0.39, 0.29) is 22.8 Å². The van der Waals surface area contributed by atoms with Gasteiger partial charge in [0, 0.05) is 12.0 Å². The van der Waals surface area contributed by atoms with Gasteiger partial charge in [-0.05, 0) is 43.4 Å². The van der Waals surface area contributed by atoms with Gasteiger partial charge in [0.1, 0.15) is 17.1 Å². The van der Waals surface area contributed by atoms with E-state index in [4.69, 9.17) is 8.92 Å².